The van der Waals surface area contributed by atoms with Gasteiger partial charge in [-0.2, -0.15) is 5.26 Å². The van der Waals surface area contributed by atoms with Crippen LogP contribution >= 0.6 is 0 Å². The summed E-state index contributed by atoms with van der Waals surface area (Å²) in [6, 6.07) is 7.96. The van der Waals surface area contributed by atoms with Gasteiger partial charge in [0, 0.05) is 12.7 Å². The monoisotopic (exact) mass is 331 g/mol. The van der Waals surface area contributed by atoms with Crippen molar-refractivity contribution in [1.82, 2.24) is 5.32 Å². The zero-order valence-electron chi connectivity index (χ0n) is 13.0. The topological polar surface area (TPSA) is 129 Å². The lowest BCUT2D eigenvalue weighted by atomic mass is 10.1. The normalized spacial score (nSPS) is 10.4. The first kappa shape index (κ1) is 18.7. The molecule has 0 saturated carbocycles. The van der Waals surface area contributed by atoms with Gasteiger partial charge in [0.25, 0.3) is 5.91 Å². The molecular formula is C16H17N3O5. The summed E-state index contributed by atoms with van der Waals surface area (Å²) in [6.07, 6.45) is 0.980. The van der Waals surface area contributed by atoms with Crippen LogP contribution in [0.4, 0.5) is 5.69 Å². The Morgan fingerprint density at radius 3 is 2.67 bits per heavy atom. The molecular weight excluding hydrogens is 314 g/mol. The maximum atomic E-state index is 12.1. The Hall–Kier alpha value is -3.34. The number of amides is 1. The van der Waals surface area contributed by atoms with Crippen molar-refractivity contribution < 1.29 is 24.2 Å². The highest BCUT2D eigenvalue weighted by molar-refractivity contribution is 6.09. The van der Waals surface area contributed by atoms with Crippen LogP contribution in [0, 0.1) is 11.3 Å². The summed E-state index contributed by atoms with van der Waals surface area (Å²) in [5.74, 6) is -2.31. The van der Waals surface area contributed by atoms with E-state index >= 15 is 0 Å². The first-order valence-electron chi connectivity index (χ1n) is 7.12. The SMILES string of the molecule is CCOC(=O)c1ccccc1NC(=O)/C(C#N)=C\NCCC(=O)O. The van der Waals surface area contributed by atoms with Gasteiger partial charge in [0.2, 0.25) is 0 Å². The van der Waals surface area contributed by atoms with Gasteiger partial charge in [-0.05, 0) is 19.1 Å². The highest BCUT2D eigenvalue weighted by Crippen LogP contribution is 2.17. The summed E-state index contributed by atoms with van der Waals surface area (Å²) >= 11 is 0. The van der Waals surface area contributed by atoms with Crippen molar-refractivity contribution in [1.29, 1.82) is 5.26 Å². The van der Waals surface area contributed by atoms with E-state index in [0.717, 1.165) is 6.20 Å². The van der Waals surface area contributed by atoms with E-state index in [2.05, 4.69) is 10.6 Å². The zero-order chi connectivity index (χ0) is 17.9. The first-order valence-corrected chi connectivity index (χ1v) is 7.12. The zero-order valence-corrected chi connectivity index (χ0v) is 13.0. The Morgan fingerprint density at radius 2 is 2.04 bits per heavy atom. The number of carbonyl (C=O) groups excluding carboxylic acids is 2. The van der Waals surface area contributed by atoms with Crippen LogP contribution in [0.2, 0.25) is 0 Å². The number of carbonyl (C=O) groups is 3. The number of rotatable bonds is 8. The molecule has 1 aromatic rings. The predicted octanol–water partition coefficient (Wildman–Crippen LogP) is 1.27. The fourth-order valence-electron chi connectivity index (χ4n) is 1.67. The van der Waals surface area contributed by atoms with Crippen molar-refractivity contribution >= 4 is 23.5 Å². The molecule has 0 saturated heterocycles. The number of aliphatic carboxylic acids is 1. The molecule has 0 aliphatic carbocycles. The number of hydrogen-bond acceptors (Lipinski definition) is 6. The Kier molecular flexibility index (Phi) is 7.51. The molecule has 8 heteroatoms. The number of carboxylic acids is 1. The molecule has 1 amide bonds. The molecule has 1 aromatic carbocycles. The van der Waals surface area contributed by atoms with Crippen molar-refractivity contribution in [2.24, 2.45) is 0 Å². The van der Waals surface area contributed by atoms with E-state index in [1.165, 1.54) is 12.1 Å². The minimum atomic E-state index is -0.998. The fourth-order valence-corrected chi connectivity index (χ4v) is 1.67. The molecule has 0 heterocycles. The summed E-state index contributed by atoms with van der Waals surface area (Å²) in [7, 11) is 0. The van der Waals surface area contributed by atoms with Gasteiger partial charge in [-0.1, -0.05) is 12.1 Å². The molecule has 0 radical (unpaired) electrons. The second-order valence-electron chi connectivity index (χ2n) is 4.49. The largest absolute Gasteiger partial charge is 0.481 e. The van der Waals surface area contributed by atoms with Crippen LogP contribution in [0.5, 0.6) is 0 Å². The number of anilines is 1. The van der Waals surface area contributed by atoms with Gasteiger partial charge < -0.3 is 20.5 Å². The van der Waals surface area contributed by atoms with Gasteiger partial charge in [0.1, 0.15) is 11.6 Å². The fraction of sp³-hybridized carbons (Fsp3) is 0.250. The quantitative estimate of drug-likeness (QED) is 0.283. The summed E-state index contributed by atoms with van der Waals surface area (Å²) in [5, 5.41) is 22.6. The van der Waals surface area contributed by atoms with E-state index in [4.69, 9.17) is 15.1 Å². The third-order valence-corrected chi connectivity index (χ3v) is 2.77. The lowest BCUT2D eigenvalue weighted by molar-refractivity contribution is -0.136. The number of hydrogen-bond donors (Lipinski definition) is 3. The number of nitrogens with one attached hydrogen (secondary N) is 2. The highest BCUT2D eigenvalue weighted by atomic mass is 16.5. The van der Waals surface area contributed by atoms with Gasteiger partial charge in [0.15, 0.2) is 0 Å². The number of carboxylic acid groups (broad SMARTS) is 1. The smallest absolute Gasteiger partial charge is 0.340 e. The number of para-hydroxylation sites is 1. The van der Waals surface area contributed by atoms with Crippen molar-refractivity contribution in [3.05, 3.63) is 41.6 Å². The average molecular weight is 331 g/mol. The summed E-state index contributed by atoms with van der Waals surface area (Å²) in [6.45, 7) is 1.93. The van der Waals surface area contributed by atoms with Crippen molar-refractivity contribution in [2.45, 2.75) is 13.3 Å². The third kappa shape index (κ3) is 5.81. The van der Waals surface area contributed by atoms with Gasteiger partial charge in [-0.3, -0.25) is 9.59 Å². The molecule has 0 fully saturated rings. The summed E-state index contributed by atoms with van der Waals surface area (Å²) in [4.78, 5) is 34.3. The standard InChI is InChI=1S/C16H17N3O5/c1-2-24-16(23)12-5-3-4-6-13(12)19-15(22)11(9-17)10-18-8-7-14(20)21/h3-6,10,18H,2,7-8H2,1H3,(H,19,22)(H,20,21)/b11-10-. The van der Waals surface area contributed by atoms with Crippen molar-refractivity contribution in [3.63, 3.8) is 0 Å². The van der Waals surface area contributed by atoms with Crippen LogP contribution in [0.1, 0.15) is 23.7 Å². The molecule has 126 valence electrons. The van der Waals surface area contributed by atoms with E-state index in [-0.39, 0.29) is 36.4 Å². The lowest BCUT2D eigenvalue weighted by Crippen LogP contribution is -2.20. The Labute approximate surface area is 138 Å². The maximum Gasteiger partial charge on any atom is 0.340 e. The molecule has 0 unspecified atom stereocenters. The summed E-state index contributed by atoms with van der Waals surface area (Å²) < 4.78 is 4.90. The Bertz CT molecular complexity index is 691. The Morgan fingerprint density at radius 1 is 1.33 bits per heavy atom. The van der Waals surface area contributed by atoms with Crippen LogP contribution < -0.4 is 10.6 Å². The molecule has 1 rings (SSSR count). The molecule has 0 spiro atoms. The molecule has 3 N–H and O–H groups in total. The van der Waals surface area contributed by atoms with Gasteiger partial charge in [-0.15, -0.1) is 0 Å². The van der Waals surface area contributed by atoms with E-state index in [1.807, 2.05) is 0 Å². The second kappa shape index (κ2) is 9.63. The van der Waals surface area contributed by atoms with Gasteiger partial charge in [0.05, 0.1) is 24.3 Å². The number of benzene rings is 1. The molecule has 0 bridgehead atoms. The highest BCUT2D eigenvalue weighted by Gasteiger charge is 2.16. The van der Waals surface area contributed by atoms with Crippen LogP contribution in [0.15, 0.2) is 36.0 Å². The number of esters is 1. The minimum Gasteiger partial charge on any atom is -0.481 e. The predicted molar refractivity (Wildman–Crippen MR) is 85.0 cm³/mol. The summed E-state index contributed by atoms with van der Waals surface area (Å²) in [5.41, 5.74) is 0.135. The Balaban J connectivity index is 2.82. The minimum absolute atomic E-state index is 0.0766. The molecule has 24 heavy (non-hydrogen) atoms. The van der Waals surface area contributed by atoms with E-state index in [9.17, 15) is 14.4 Å². The molecule has 0 aromatic heterocycles. The number of nitriles is 1. The maximum absolute atomic E-state index is 12.1. The second-order valence-corrected chi connectivity index (χ2v) is 4.49. The van der Waals surface area contributed by atoms with Crippen molar-refractivity contribution in [3.8, 4) is 6.07 Å². The van der Waals surface area contributed by atoms with Crippen LogP contribution in [0.25, 0.3) is 0 Å². The van der Waals surface area contributed by atoms with Gasteiger partial charge >= 0.3 is 11.9 Å². The molecule has 0 aliphatic heterocycles. The lowest BCUT2D eigenvalue weighted by Gasteiger charge is -2.10. The first-order chi connectivity index (χ1) is 11.5. The van der Waals surface area contributed by atoms with Crippen molar-refractivity contribution in [2.75, 3.05) is 18.5 Å². The van der Waals surface area contributed by atoms with Crippen LogP contribution in [-0.4, -0.2) is 36.1 Å². The number of ether oxygens (including phenoxy) is 1. The molecule has 0 atom stereocenters. The molecule has 8 nitrogen and oxygen atoms in total. The van der Waals surface area contributed by atoms with E-state index in [1.54, 1.807) is 25.1 Å². The van der Waals surface area contributed by atoms with E-state index < -0.39 is 17.8 Å². The third-order valence-electron chi connectivity index (χ3n) is 2.77. The number of nitrogens with zero attached hydrogens (tertiary/aromatic N) is 1. The average Bonchev–Trinajstić information content (AvgIpc) is 2.55. The van der Waals surface area contributed by atoms with E-state index in [0.29, 0.717) is 0 Å². The van der Waals surface area contributed by atoms with Gasteiger partial charge in [-0.25, -0.2) is 4.79 Å². The molecule has 0 aliphatic rings. The van der Waals surface area contributed by atoms with Crippen LogP contribution in [0.3, 0.4) is 0 Å². The van der Waals surface area contributed by atoms with Crippen LogP contribution in [-0.2, 0) is 14.3 Å².